The molecule has 0 saturated heterocycles. The Kier molecular flexibility index (Phi) is 3.90. The fourth-order valence-electron chi connectivity index (χ4n) is 2.52. The Morgan fingerprint density at radius 3 is 2.28 bits per heavy atom. The molecule has 0 heterocycles. The minimum absolute atomic E-state index is 0.622. The molecule has 0 amide bonds. The van der Waals surface area contributed by atoms with Crippen molar-refractivity contribution in [3.05, 3.63) is 42.0 Å². The lowest BCUT2D eigenvalue weighted by Crippen LogP contribution is -1.98. The molecule has 0 N–H and O–H groups in total. The van der Waals surface area contributed by atoms with Gasteiger partial charge in [-0.15, -0.1) is 0 Å². The molecule has 1 heteroatoms. The van der Waals surface area contributed by atoms with Gasteiger partial charge in [0.15, 0.2) is 0 Å². The van der Waals surface area contributed by atoms with Crippen molar-refractivity contribution < 1.29 is 4.74 Å². The van der Waals surface area contributed by atoms with Crippen molar-refractivity contribution >= 4 is 10.8 Å². The third-order valence-corrected chi connectivity index (χ3v) is 3.47. The maximum absolute atomic E-state index is 5.25. The van der Waals surface area contributed by atoms with Crippen LogP contribution in [0.25, 0.3) is 10.8 Å². The van der Waals surface area contributed by atoms with Crippen LogP contribution in [0.3, 0.4) is 0 Å². The normalized spacial score (nSPS) is 12.9. The molecule has 18 heavy (non-hydrogen) atoms. The Bertz CT molecular complexity index is 528. The first-order chi connectivity index (χ1) is 8.60. The molecule has 0 unspecified atom stereocenters. The van der Waals surface area contributed by atoms with Crippen LogP contribution in [0.5, 0.6) is 5.75 Å². The van der Waals surface area contributed by atoms with E-state index in [-0.39, 0.29) is 0 Å². The van der Waals surface area contributed by atoms with Crippen LogP contribution in [-0.2, 0) is 0 Å². The van der Waals surface area contributed by atoms with E-state index in [0.717, 1.165) is 11.7 Å². The lowest BCUT2D eigenvalue weighted by molar-refractivity contribution is 0.415. The SMILES string of the molecule is COc1ccc2cc([C@H](C)CC(C)C)ccc2c1. The predicted octanol–water partition coefficient (Wildman–Crippen LogP) is 5.00. The van der Waals surface area contributed by atoms with Crippen LogP contribution in [0.15, 0.2) is 36.4 Å². The van der Waals surface area contributed by atoms with E-state index in [2.05, 4.69) is 51.1 Å². The van der Waals surface area contributed by atoms with Crippen LogP contribution in [0, 0.1) is 5.92 Å². The van der Waals surface area contributed by atoms with Gasteiger partial charge in [0.2, 0.25) is 0 Å². The highest BCUT2D eigenvalue weighted by Gasteiger charge is 2.08. The first-order valence-electron chi connectivity index (χ1n) is 6.68. The second-order valence-corrected chi connectivity index (χ2v) is 5.50. The van der Waals surface area contributed by atoms with Crippen LogP contribution in [-0.4, -0.2) is 7.11 Å². The van der Waals surface area contributed by atoms with Crippen molar-refractivity contribution in [2.75, 3.05) is 7.11 Å². The molecular weight excluding hydrogens is 220 g/mol. The minimum atomic E-state index is 0.622. The standard InChI is InChI=1S/C17H22O/c1-12(2)9-13(3)14-5-6-16-11-17(18-4)8-7-15(16)10-14/h5-8,10-13H,9H2,1-4H3/t13-/m1/s1. The van der Waals surface area contributed by atoms with Crippen LogP contribution in [0.1, 0.15) is 38.7 Å². The van der Waals surface area contributed by atoms with E-state index in [1.54, 1.807) is 7.11 Å². The van der Waals surface area contributed by atoms with Crippen LogP contribution >= 0.6 is 0 Å². The second kappa shape index (κ2) is 5.43. The maximum Gasteiger partial charge on any atom is 0.119 e. The summed E-state index contributed by atoms with van der Waals surface area (Å²) < 4.78 is 5.25. The molecule has 1 nitrogen and oxygen atoms in total. The summed E-state index contributed by atoms with van der Waals surface area (Å²) in [5, 5.41) is 2.54. The van der Waals surface area contributed by atoms with Gasteiger partial charge >= 0.3 is 0 Å². The Labute approximate surface area is 110 Å². The zero-order valence-electron chi connectivity index (χ0n) is 11.7. The molecule has 2 aromatic rings. The molecule has 96 valence electrons. The van der Waals surface area contributed by atoms with Crippen LogP contribution < -0.4 is 4.74 Å². The summed E-state index contributed by atoms with van der Waals surface area (Å²) in [6.45, 7) is 6.87. The van der Waals surface area contributed by atoms with Crippen molar-refractivity contribution in [1.82, 2.24) is 0 Å². The van der Waals surface area contributed by atoms with Gasteiger partial charge in [-0.3, -0.25) is 0 Å². The fraction of sp³-hybridized carbons (Fsp3) is 0.412. The Morgan fingerprint density at radius 1 is 0.944 bits per heavy atom. The molecule has 0 aliphatic rings. The lowest BCUT2D eigenvalue weighted by atomic mass is 9.91. The number of hydrogen-bond acceptors (Lipinski definition) is 1. The van der Waals surface area contributed by atoms with Gasteiger partial charge in [0.05, 0.1) is 7.11 Å². The zero-order valence-corrected chi connectivity index (χ0v) is 11.7. The lowest BCUT2D eigenvalue weighted by Gasteiger charge is -2.15. The van der Waals surface area contributed by atoms with Crippen molar-refractivity contribution in [1.29, 1.82) is 0 Å². The van der Waals surface area contributed by atoms with Gasteiger partial charge in [0, 0.05) is 0 Å². The Hall–Kier alpha value is -1.50. The monoisotopic (exact) mass is 242 g/mol. The van der Waals surface area contributed by atoms with Crippen LogP contribution in [0.2, 0.25) is 0 Å². The predicted molar refractivity (Wildman–Crippen MR) is 78.4 cm³/mol. The smallest absolute Gasteiger partial charge is 0.119 e. The molecule has 0 spiro atoms. The summed E-state index contributed by atoms with van der Waals surface area (Å²) in [7, 11) is 1.71. The zero-order chi connectivity index (χ0) is 13.1. The third kappa shape index (κ3) is 2.84. The molecule has 0 bridgehead atoms. The highest BCUT2D eigenvalue weighted by Crippen LogP contribution is 2.28. The van der Waals surface area contributed by atoms with Crippen LogP contribution in [0.4, 0.5) is 0 Å². The van der Waals surface area contributed by atoms with Gasteiger partial charge in [-0.05, 0) is 46.7 Å². The first kappa shape index (κ1) is 12.9. The number of methoxy groups -OCH3 is 1. The van der Waals surface area contributed by atoms with Crippen molar-refractivity contribution in [3.63, 3.8) is 0 Å². The minimum Gasteiger partial charge on any atom is -0.497 e. The average Bonchev–Trinajstić information content (AvgIpc) is 2.36. The summed E-state index contributed by atoms with van der Waals surface area (Å²) in [5.74, 6) is 2.29. The first-order valence-corrected chi connectivity index (χ1v) is 6.68. The summed E-state index contributed by atoms with van der Waals surface area (Å²) in [5.41, 5.74) is 1.43. The molecule has 2 rings (SSSR count). The summed E-state index contributed by atoms with van der Waals surface area (Å²) in [4.78, 5) is 0. The van der Waals surface area contributed by atoms with Gasteiger partial charge in [0.25, 0.3) is 0 Å². The van der Waals surface area contributed by atoms with E-state index in [0.29, 0.717) is 5.92 Å². The molecular formula is C17H22O. The molecule has 1 atom stereocenters. The van der Waals surface area contributed by atoms with Gasteiger partial charge < -0.3 is 4.74 Å². The topological polar surface area (TPSA) is 9.23 Å². The highest BCUT2D eigenvalue weighted by molar-refractivity contribution is 5.84. The van der Waals surface area contributed by atoms with E-state index < -0.39 is 0 Å². The summed E-state index contributed by atoms with van der Waals surface area (Å²) >= 11 is 0. The van der Waals surface area contributed by atoms with E-state index >= 15 is 0 Å². The Balaban J connectivity index is 2.33. The quantitative estimate of drug-likeness (QED) is 0.733. The molecule has 0 radical (unpaired) electrons. The maximum atomic E-state index is 5.25. The van der Waals surface area contributed by atoms with Gasteiger partial charge in [-0.2, -0.15) is 0 Å². The molecule has 0 aliphatic heterocycles. The second-order valence-electron chi connectivity index (χ2n) is 5.50. The molecule has 0 aromatic heterocycles. The van der Waals surface area contributed by atoms with Crippen molar-refractivity contribution in [3.8, 4) is 5.75 Å². The van der Waals surface area contributed by atoms with E-state index in [1.807, 2.05) is 6.07 Å². The van der Waals surface area contributed by atoms with E-state index in [1.165, 1.54) is 22.8 Å². The number of fused-ring (bicyclic) bond motifs is 1. The number of benzene rings is 2. The van der Waals surface area contributed by atoms with E-state index in [9.17, 15) is 0 Å². The summed E-state index contributed by atoms with van der Waals surface area (Å²) in [6.07, 6.45) is 1.24. The number of ether oxygens (including phenoxy) is 1. The molecule has 0 saturated carbocycles. The van der Waals surface area contributed by atoms with Crippen molar-refractivity contribution in [2.24, 2.45) is 5.92 Å². The van der Waals surface area contributed by atoms with E-state index in [4.69, 9.17) is 4.74 Å². The highest BCUT2D eigenvalue weighted by atomic mass is 16.5. The number of rotatable bonds is 4. The Morgan fingerprint density at radius 2 is 1.61 bits per heavy atom. The van der Waals surface area contributed by atoms with Gasteiger partial charge in [0.1, 0.15) is 5.75 Å². The largest absolute Gasteiger partial charge is 0.497 e. The fourth-order valence-corrected chi connectivity index (χ4v) is 2.52. The number of hydrogen-bond donors (Lipinski definition) is 0. The average molecular weight is 242 g/mol. The third-order valence-electron chi connectivity index (χ3n) is 3.47. The summed E-state index contributed by atoms with van der Waals surface area (Å²) in [6, 6.07) is 13.0. The molecule has 0 fully saturated rings. The molecule has 0 aliphatic carbocycles. The van der Waals surface area contributed by atoms with Gasteiger partial charge in [-0.25, -0.2) is 0 Å². The van der Waals surface area contributed by atoms with Gasteiger partial charge in [-0.1, -0.05) is 45.0 Å². The molecule has 2 aromatic carbocycles. The van der Waals surface area contributed by atoms with Crippen molar-refractivity contribution in [2.45, 2.75) is 33.1 Å².